The molecule has 0 aliphatic rings. The van der Waals surface area contributed by atoms with Gasteiger partial charge >= 0.3 is 5.97 Å². The Morgan fingerprint density at radius 1 is 1.24 bits per heavy atom. The van der Waals surface area contributed by atoms with Crippen molar-refractivity contribution in [1.82, 2.24) is 0 Å². The van der Waals surface area contributed by atoms with Crippen LogP contribution in [0, 0.1) is 13.8 Å². The van der Waals surface area contributed by atoms with Crippen molar-refractivity contribution in [3.05, 3.63) is 16.0 Å². The first-order chi connectivity index (χ1) is 8.07. The molecule has 1 heterocycles. The van der Waals surface area contributed by atoms with Crippen LogP contribution in [0.1, 0.15) is 53.4 Å². The van der Waals surface area contributed by atoms with Crippen molar-refractivity contribution in [3.8, 4) is 0 Å². The molecule has 0 saturated heterocycles. The second kappa shape index (κ2) is 6.64. The van der Waals surface area contributed by atoms with Crippen molar-refractivity contribution in [3.63, 3.8) is 0 Å². The fourth-order valence-corrected chi connectivity index (χ4v) is 2.55. The van der Waals surface area contributed by atoms with Crippen LogP contribution in [0.5, 0.6) is 0 Å². The number of esters is 1. The molecule has 0 bridgehead atoms. The minimum atomic E-state index is -0.233. The van der Waals surface area contributed by atoms with E-state index in [2.05, 4.69) is 6.92 Å². The van der Waals surface area contributed by atoms with Gasteiger partial charge in [-0.15, -0.1) is 11.3 Å². The molecule has 4 heteroatoms. The van der Waals surface area contributed by atoms with E-state index in [1.807, 2.05) is 13.8 Å². The van der Waals surface area contributed by atoms with E-state index in [1.54, 1.807) is 0 Å². The lowest BCUT2D eigenvalue weighted by Gasteiger charge is -2.03. The maximum absolute atomic E-state index is 11.8. The van der Waals surface area contributed by atoms with Crippen LogP contribution < -0.4 is 5.73 Å². The van der Waals surface area contributed by atoms with E-state index in [0.29, 0.717) is 16.5 Å². The molecular formula is C13H21NO2S. The summed E-state index contributed by atoms with van der Waals surface area (Å²) in [6.07, 6.45) is 4.45. The number of anilines is 1. The van der Waals surface area contributed by atoms with E-state index in [9.17, 15) is 4.79 Å². The maximum Gasteiger partial charge on any atom is 0.348 e. The predicted molar refractivity (Wildman–Crippen MR) is 72.6 cm³/mol. The standard InChI is InChI=1S/C13H21NO2S/c1-4-5-6-7-8-16-13(15)11-9(2)10(3)12(14)17-11/h4-8,14H2,1-3H3. The van der Waals surface area contributed by atoms with Crippen molar-refractivity contribution in [1.29, 1.82) is 0 Å². The SMILES string of the molecule is CCCCCCOC(=O)c1sc(N)c(C)c1C. The first-order valence-corrected chi connectivity index (χ1v) is 6.92. The summed E-state index contributed by atoms with van der Waals surface area (Å²) in [7, 11) is 0. The molecule has 2 N–H and O–H groups in total. The summed E-state index contributed by atoms with van der Waals surface area (Å²) < 4.78 is 5.24. The van der Waals surface area contributed by atoms with Gasteiger partial charge in [0.1, 0.15) is 4.88 Å². The Morgan fingerprint density at radius 2 is 1.94 bits per heavy atom. The van der Waals surface area contributed by atoms with E-state index in [-0.39, 0.29) is 5.97 Å². The van der Waals surface area contributed by atoms with Crippen molar-refractivity contribution >= 4 is 22.3 Å². The third-order valence-electron chi connectivity index (χ3n) is 2.90. The van der Waals surface area contributed by atoms with Crippen LogP contribution in [0.4, 0.5) is 5.00 Å². The molecule has 17 heavy (non-hydrogen) atoms. The Kier molecular flexibility index (Phi) is 5.48. The number of hydrogen-bond donors (Lipinski definition) is 1. The summed E-state index contributed by atoms with van der Waals surface area (Å²) >= 11 is 1.32. The van der Waals surface area contributed by atoms with Crippen LogP contribution >= 0.6 is 11.3 Å². The summed E-state index contributed by atoms with van der Waals surface area (Å²) in [5.74, 6) is -0.233. The van der Waals surface area contributed by atoms with Gasteiger partial charge in [-0.1, -0.05) is 26.2 Å². The quantitative estimate of drug-likeness (QED) is 0.623. The smallest absolute Gasteiger partial charge is 0.348 e. The average Bonchev–Trinajstić information content (AvgIpc) is 2.56. The Bertz CT molecular complexity index is 385. The first-order valence-electron chi connectivity index (χ1n) is 6.10. The highest BCUT2D eigenvalue weighted by Gasteiger charge is 2.17. The van der Waals surface area contributed by atoms with Gasteiger partial charge in [0.15, 0.2) is 0 Å². The van der Waals surface area contributed by atoms with Crippen molar-refractivity contribution < 1.29 is 9.53 Å². The van der Waals surface area contributed by atoms with Crippen molar-refractivity contribution in [2.45, 2.75) is 46.5 Å². The predicted octanol–water partition coefficient (Wildman–Crippen LogP) is 3.68. The molecule has 3 nitrogen and oxygen atoms in total. The second-order valence-corrected chi connectivity index (χ2v) is 5.29. The number of hydrogen-bond acceptors (Lipinski definition) is 4. The van der Waals surface area contributed by atoms with Crippen LogP contribution in [0.3, 0.4) is 0 Å². The zero-order valence-corrected chi connectivity index (χ0v) is 11.7. The lowest BCUT2D eigenvalue weighted by atomic mass is 10.2. The number of rotatable bonds is 6. The van der Waals surface area contributed by atoms with Gasteiger partial charge in [0.2, 0.25) is 0 Å². The summed E-state index contributed by atoms with van der Waals surface area (Å²) in [5.41, 5.74) is 7.73. The normalized spacial score (nSPS) is 10.5. The molecule has 1 rings (SSSR count). The molecule has 0 aliphatic carbocycles. The minimum Gasteiger partial charge on any atom is -0.462 e. The molecule has 0 radical (unpaired) electrons. The summed E-state index contributed by atoms with van der Waals surface area (Å²) in [6.45, 7) is 6.51. The molecule has 96 valence electrons. The molecule has 0 amide bonds. The van der Waals surface area contributed by atoms with Crippen molar-refractivity contribution in [2.75, 3.05) is 12.3 Å². The Hall–Kier alpha value is -1.03. The van der Waals surface area contributed by atoms with E-state index >= 15 is 0 Å². The summed E-state index contributed by atoms with van der Waals surface area (Å²) in [4.78, 5) is 12.4. The van der Waals surface area contributed by atoms with Gasteiger partial charge in [0.05, 0.1) is 11.6 Å². The lowest BCUT2D eigenvalue weighted by Crippen LogP contribution is -2.06. The fraction of sp³-hybridized carbons (Fsp3) is 0.615. The molecular weight excluding hydrogens is 234 g/mol. The number of unbranched alkanes of at least 4 members (excludes halogenated alkanes) is 3. The van der Waals surface area contributed by atoms with Gasteiger partial charge in [0.25, 0.3) is 0 Å². The molecule has 0 fully saturated rings. The summed E-state index contributed by atoms with van der Waals surface area (Å²) in [6, 6.07) is 0. The molecule has 0 unspecified atom stereocenters. The molecule has 0 aromatic carbocycles. The van der Waals surface area contributed by atoms with Crippen LogP contribution in [-0.2, 0) is 4.74 Å². The van der Waals surface area contributed by atoms with E-state index in [4.69, 9.17) is 10.5 Å². The van der Waals surface area contributed by atoms with Gasteiger partial charge in [-0.3, -0.25) is 0 Å². The van der Waals surface area contributed by atoms with Gasteiger partial charge in [-0.25, -0.2) is 4.79 Å². The maximum atomic E-state index is 11.8. The van der Waals surface area contributed by atoms with Gasteiger partial charge < -0.3 is 10.5 Å². The second-order valence-electron chi connectivity index (χ2n) is 4.24. The number of carbonyl (C=O) groups excluding carboxylic acids is 1. The largest absolute Gasteiger partial charge is 0.462 e. The zero-order chi connectivity index (χ0) is 12.8. The number of nitrogens with two attached hydrogens (primary N) is 1. The summed E-state index contributed by atoms with van der Waals surface area (Å²) in [5, 5.41) is 0.709. The van der Waals surface area contributed by atoms with E-state index in [1.165, 1.54) is 24.2 Å². The van der Waals surface area contributed by atoms with Crippen LogP contribution in [0.2, 0.25) is 0 Å². The Morgan fingerprint density at radius 3 is 2.47 bits per heavy atom. The van der Waals surface area contributed by atoms with Gasteiger partial charge in [0, 0.05) is 0 Å². The van der Waals surface area contributed by atoms with Crippen LogP contribution in [-0.4, -0.2) is 12.6 Å². The minimum absolute atomic E-state index is 0.233. The average molecular weight is 255 g/mol. The highest BCUT2D eigenvalue weighted by Crippen LogP contribution is 2.29. The third kappa shape index (κ3) is 3.73. The number of nitrogen functional groups attached to an aromatic ring is 1. The third-order valence-corrected chi connectivity index (χ3v) is 4.10. The van der Waals surface area contributed by atoms with E-state index < -0.39 is 0 Å². The lowest BCUT2D eigenvalue weighted by molar-refractivity contribution is 0.0503. The first kappa shape index (κ1) is 14.0. The molecule has 0 spiro atoms. The Balaban J connectivity index is 2.44. The molecule has 1 aromatic heterocycles. The zero-order valence-electron chi connectivity index (χ0n) is 10.8. The topological polar surface area (TPSA) is 52.3 Å². The van der Waals surface area contributed by atoms with E-state index in [0.717, 1.165) is 24.0 Å². The monoisotopic (exact) mass is 255 g/mol. The Labute approximate surface area is 107 Å². The molecule has 0 aliphatic heterocycles. The number of thiophene rings is 1. The van der Waals surface area contributed by atoms with Gasteiger partial charge in [-0.2, -0.15) is 0 Å². The number of carbonyl (C=O) groups is 1. The molecule has 0 saturated carbocycles. The van der Waals surface area contributed by atoms with Crippen LogP contribution in [0.25, 0.3) is 0 Å². The highest BCUT2D eigenvalue weighted by molar-refractivity contribution is 7.18. The van der Waals surface area contributed by atoms with Gasteiger partial charge in [-0.05, 0) is 31.4 Å². The van der Waals surface area contributed by atoms with Crippen LogP contribution in [0.15, 0.2) is 0 Å². The highest BCUT2D eigenvalue weighted by atomic mass is 32.1. The molecule has 0 atom stereocenters. The van der Waals surface area contributed by atoms with Crippen molar-refractivity contribution in [2.24, 2.45) is 0 Å². The molecule has 1 aromatic rings. The number of ether oxygens (including phenoxy) is 1. The fourth-order valence-electron chi connectivity index (χ4n) is 1.57.